The summed E-state index contributed by atoms with van der Waals surface area (Å²) in [6.45, 7) is 4.20. The van der Waals surface area contributed by atoms with Gasteiger partial charge >= 0.3 is 6.03 Å². The number of imidazole rings is 1. The van der Waals surface area contributed by atoms with Crippen LogP contribution in [0.2, 0.25) is 0 Å². The van der Waals surface area contributed by atoms with Crippen molar-refractivity contribution in [1.82, 2.24) is 25.2 Å². The van der Waals surface area contributed by atoms with Gasteiger partial charge in [0.25, 0.3) is 0 Å². The van der Waals surface area contributed by atoms with Gasteiger partial charge in [0.05, 0.1) is 26.6 Å². The number of H-pyrrole nitrogens is 1. The number of benzene rings is 1. The van der Waals surface area contributed by atoms with Crippen LogP contribution in [0.1, 0.15) is 34.5 Å². The molecule has 0 aliphatic carbocycles. The van der Waals surface area contributed by atoms with Crippen molar-refractivity contribution >= 4 is 39.7 Å². The van der Waals surface area contributed by atoms with Crippen LogP contribution in [-0.2, 0) is 6.42 Å². The molecule has 4 aromatic rings. The zero-order chi connectivity index (χ0) is 21.2. The Morgan fingerprint density at radius 1 is 1.19 bits per heavy atom. The second kappa shape index (κ2) is 8.80. The zero-order valence-electron chi connectivity index (χ0n) is 17.4. The van der Waals surface area contributed by atoms with Gasteiger partial charge in [-0.15, -0.1) is 22.7 Å². The van der Waals surface area contributed by atoms with Gasteiger partial charge in [0.15, 0.2) is 0 Å². The predicted octanol–water partition coefficient (Wildman–Crippen LogP) is 5.19. The van der Waals surface area contributed by atoms with Crippen LogP contribution in [0, 0.1) is 6.92 Å². The molecule has 0 radical (unpaired) electrons. The summed E-state index contributed by atoms with van der Waals surface area (Å²) in [4.78, 5) is 29.7. The van der Waals surface area contributed by atoms with E-state index in [9.17, 15) is 4.79 Å². The number of carbonyl (C=O) groups is 1. The number of hydrogen-bond donors (Lipinski definition) is 2. The van der Waals surface area contributed by atoms with Crippen LogP contribution >= 0.6 is 22.7 Å². The molecule has 0 saturated carbocycles. The van der Waals surface area contributed by atoms with Gasteiger partial charge in [0, 0.05) is 35.8 Å². The number of rotatable bonds is 5. The maximum Gasteiger partial charge on any atom is 0.317 e. The molecule has 1 fully saturated rings. The van der Waals surface area contributed by atoms with Crippen molar-refractivity contribution in [2.24, 2.45) is 0 Å². The van der Waals surface area contributed by atoms with Crippen molar-refractivity contribution in [2.45, 2.75) is 32.1 Å². The SMILES string of the molecule is Cc1nc(-c2ccc(CCNC(=O)N3CCC(c4nc5ccccc5[nH]4)CC3)s2)cs1. The predicted molar refractivity (Wildman–Crippen MR) is 127 cm³/mol. The molecule has 0 unspecified atom stereocenters. The lowest BCUT2D eigenvalue weighted by atomic mass is 9.96. The highest BCUT2D eigenvalue weighted by atomic mass is 32.1. The molecule has 1 saturated heterocycles. The monoisotopic (exact) mass is 451 g/mol. The van der Waals surface area contributed by atoms with Crippen LogP contribution in [0.4, 0.5) is 4.79 Å². The summed E-state index contributed by atoms with van der Waals surface area (Å²) in [6, 6.07) is 12.4. The molecule has 5 rings (SSSR count). The van der Waals surface area contributed by atoms with Gasteiger partial charge in [0.2, 0.25) is 0 Å². The highest BCUT2D eigenvalue weighted by molar-refractivity contribution is 7.16. The van der Waals surface area contributed by atoms with Gasteiger partial charge in [-0.3, -0.25) is 0 Å². The fourth-order valence-electron chi connectivity index (χ4n) is 4.05. The fourth-order valence-corrected chi connectivity index (χ4v) is 5.71. The Morgan fingerprint density at radius 2 is 2.03 bits per heavy atom. The van der Waals surface area contributed by atoms with E-state index < -0.39 is 0 Å². The van der Waals surface area contributed by atoms with Gasteiger partial charge < -0.3 is 15.2 Å². The van der Waals surface area contributed by atoms with E-state index in [-0.39, 0.29) is 6.03 Å². The topological polar surface area (TPSA) is 73.9 Å². The van der Waals surface area contributed by atoms with Crippen molar-refractivity contribution < 1.29 is 4.79 Å². The minimum Gasteiger partial charge on any atom is -0.342 e. The van der Waals surface area contributed by atoms with E-state index in [1.807, 2.05) is 30.0 Å². The molecule has 31 heavy (non-hydrogen) atoms. The van der Waals surface area contributed by atoms with Crippen LogP contribution in [0.15, 0.2) is 41.8 Å². The fraction of sp³-hybridized carbons (Fsp3) is 0.348. The molecular weight excluding hydrogens is 426 g/mol. The third kappa shape index (κ3) is 4.50. The summed E-state index contributed by atoms with van der Waals surface area (Å²) in [5.74, 6) is 1.43. The third-order valence-electron chi connectivity index (χ3n) is 5.76. The molecule has 1 aliphatic heterocycles. The molecule has 2 amide bonds. The summed E-state index contributed by atoms with van der Waals surface area (Å²) in [6.07, 6.45) is 2.72. The van der Waals surface area contributed by atoms with Crippen molar-refractivity contribution in [3.8, 4) is 10.6 Å². The highest BCUT2D eigenvalue weighted by Gasteiger charge is 2.25. The number of thiazole rings is 1. The van der Waals surface area contributed by atoms with Crippen LogP contribution in [-0.4, -0.2) is 45.5 Å². The second-order valence-corrected chi connectivity index (χ2v) is 10.1. The molecule has 6 nitrogen and oxygen atoms in total. The van der Waals surface area contributed by atoms with Crippen molar-refractivity contribution in [1.29, 1.82) is 0 Å². The standard InChI is InChI=1S/C23H25N5OS2/c1-15-25-20(14-30-15)21-7-6-17(31-21)8-11-24-23(29)28-12-9-16(10-13-28)22-26-18-4-2-3-5-19(18)27-22/h2-7,14,16H,8-13H2,1H3,(H,24,29)(H,26,27). The van der Waals surface area contributed by atoms with E-state index in [1.54, 1.807) is 22.7 Å². The van der Waals surface area contributed by atoms with Gasteiger partial charge in [-0.05, 0) is 50.5 Å². The first-order valence-electron chi connectivity index (χ1n) is 10.6. The molecule has 1 aliphatic rings. The number of nitrogens with zero attached hydrogens (tertiary/aromatic N) is 3. The first-order valence-corrected chi connectivity index (χ1v) is 12.3. The Bertz CT molecular complexity index is 1150. The quantitative estimate of drug-likeness (QED) is 0.439. The number of para-hydroxylation sites is 2. The van der Waals surface area contributed by atoms with E-state index in [1.165, 1.54) is 9.75 Å². The number of carbonyl (C=O) groups excluding carboxylic acids is 1. The number of aromatic amines is 1. The Kier molecular flexibility index (Phi) is 5.74. The maximum atomic E-state index is 12.6. The molecule has 8 heteroatoms. The van der Waals surface area contributed by atoms with Gasteiger partial charge in [-0.1, -0.05) is 12.1 Å². The number of fused-ring (bicyclic) bond motifs is 1. The highest BCUT2D eigenvalue weighted by Crippen LogP contribution is 2.29. The molecular formula is C23H25N5OS2. The van der Waals surface area contributed by atoms with Gasteiger partial charge in [0.1, 0.15) is 5.82 Å². The van der Waals surface area contributed by atoms with Crippen LogP contribution in [0.3, 0.4) is 0 Å². The number of piperidine rings is 1. The second-order valence-electron chi connectivity index (χ2n) is 7.90. The number of likely N-dealkylation sites (tertiary alicyclic amines) is 1. The van der Waals surface area contributed by atoms with Crippen LogP contribution in [0.25, 0.3) is 21.6 Å². The average Bonchev–Trinajstić information content (AvgIpc) is 3.53. The zero-order valence-corrected chi connectivity index (χ0v) is 19.1. The van der Waals surface area contributed by atoms with Crippen molar-refractivity contribution in [3.63, 3.8) is 0 Å². The average molecular weight is 452 g/mol. The number of amides is 2. The van der Waals surface area contributed by atoms with Gasteiger partial charge in [-0.25, -0.2) is 14.8 Å². The van der Waals surface area contributed by atoms with Crippen LogP contribution < -0.4 is 5.32 Å². The van der Waals surface area contributed by atoms with E-state index >= 15 is 0 Å². The number of nitrogens with one attached hydrogen (secondary N) is 2. The number of aromatic nitrogens is 3. The minimum absolute atomic E-state index is 0.0370. The number of urea groups is 1. The van der Waals surface area contributed by atoms with Crippen LogP contribution in [0.5, 0.6) is 0 Å². The van der Waals surface area contributed by atoms with Gasteiger partial charge in [-0.2, -0.15) is 0 Å². The molecule has 0 bridgehead atoms. The molecule has 0 atom stereocenters. The lowest BCUT2D eigenvalue weighted by Crippen LogP contribution is -2.44. The Hall–Kier alpha value is -2.71. The summed E-state index contributed by atoms with van der Waals surface area (Å²) >= 11 is 3.43. The first-order chi connectivity index (χ1) is 15.2. The molecule has 2 N–H and O–H groups in total. The Morgan fingerprint density at radius 3 is 2.81 bits per heavy atom. The first kappa shape index (κ1) is 20.2. The molecule has 1 aromatic carbocycles. The number of aryl methyl sites for hydroxylation is 1. The van der Waals surface area contributed by atoms with E-state index in [0.717, 1.165) is 59.9 Å². The Labute approximate surface area is 189 Å². The van der Waals surface area contributed by atoms with Crippen molar-refractivity contribution in [3.05, 3.63) is 57.5 Å². The molecule has 4 heterocycles. The minimum atomic E-state index is 0.0370. The van der Waals surface area contributed by atoms with E-state index in [4.69, 9.17) is 4.98 Å². The third-order valence-corrected chi connectivity index (χ3v) is 7.70. The smallest absolute Gasteiger partial charge is 0.317 e. The summed E-state index contributed by atoms with van der Waals surface area (Å²) in [5.41, 5.74) is 3.15. The van der Waals surface area contributed by atoms with E-state index in [2.05, 4.69) is 38.9 Å². The molecule has 160 valence electrons. The molecule has 0 spiro atoms. The lowest BCUT2D eigenvalue weighted by Gasteiger charge is -2.31. The summed E-state index contributed by atoms with van der Waals surface area (Å²) in [5, 5.41) is 6.27. The summed E-state index contributed by atoms with van der Waals surface area (Å²) < 4.78 is 0. The Balaban J connectivity index is 1.09. The number of hydrogen-bond acceptors (Lipinski definition) is 5. The molecule has 3 aromatic heterocycles. The van der Waals surface area contributed by atoms with E-state index in [0.29, 0.717) is 12.5 Å². The number of thiophene rings is 1. The maximum absolute atomic E-state index is 12.6. The lowest BCUT2D eigenvalue weighted by molar-refractivity contribution is 0.180. The van der Waals surface area contributed by atoms with Crippen molar-refractivity contribution in [2.75, 3.05) is 19.6 Å². The largest absolute Gasteiger partial charge is 0.342 e. The summed E-state index contributed by atoms with van der Waals surface area (Å²) in [7, 11) is 0. The normalized spacial score (nSPS) is 14.9.